The Bertz CT molecular complexity index is 1320. The van der Waals surface area contributed by atoms with E-state index in [1.165, 1.54) is 6.26 Å². The number of carbonyl (C=O) groups is 1. The second-order valence-corrected chi connectivity index (χ2v) is 8.80. The smallest absolute Gasteiger partial charge is 0.273 e. The van der Waals surface area contributed by atoms with Gasteiger partial charge in [0.15, 0.2) is 17.2 Å². The van der Waals surface area contributed by atoms with Crippen molar-refractivity contribution in [2.45, 2.75) is 26.2 Å². The van der Waals surface area contributed by atoms with E-state index in [1.807, 2.05) is 24.3 Å². The molecule has 8 nitrogen and oxygen atoms in total. The van der Waals surface area contributed by atoms with Gasteiger partial charge in [-0.3, -0.25) is 9.69 Å². The molecule has 0 bridgehead atoms. The topological polar surface area (TPSA) is 90.0 Å². The Hall–Kier alpha value is -3.46. The highest BCUT2D eigenvalue weighted by Crippen LogP contribution is 2.33. The molecule has 3 heterocycles. The molecule has 180 valence electrons. The van der Waals surface area contributed by atoms with Crippen LogP contribution in [0.1, 0.15) is 33.3 Å². The van der Waals surface area contributed by atoms with Crippen molar-refractivity contribution in [1.82, 2.24) is 15.2 Å². The molecule has 2 aromatic heterocycles. The second-order valence-electron chi connectivity index (χ2n) is 7.96. The number of amides is 1. The third-order valence-corrected chi connectivity index (χ3v) is 5.99. The number of fused-ring (bicyclic) bond motifs is 1. The number of hydrogen-bond acceptors (Lipinski definition) is 7. The van der Waals surface area contributed by atoms with Crippen LogP contribution in [0, 0.1) is 0 Å². The normalized spacial score (nSPS) is 12.3. The third-order valence-electron chi connectivity index (χ3n) is 5.40. The summed E-state index contributed by atoms with van der Waals surface area (Å²) in [6, 6.07) is 14.8. The fourth-order valence-electron chi connectivity index (χ4n) is 3.71. The largest absolute Gasteiger partial charge is 0.467 e. The van der Waals surface area contributed by atoms with E-state index in [9.17, 15) is 4.79 Å². The first-order valence-electron chi connectivity index (χ1n) is 10.8. The van der Waals surface area contributed by atoms with Crippen LogP contribution in [0.5, 0.6) is 11.5 Å². The average Bonchev–Trinajstić information content (AvgIpc) is 3.61. The Labute approximate surface area is 211 Å². The lowest BCUT2D eigenvalue weighted by Gasteiger charge is -2.22. The van der Waals surface area contributed by atoms with Crippen molar-refractivity contribution < 1.29 is 23.1 Å². The van der Waals surface area contributed by atoms with Crippen molar-refractivity contribution >= 4 is 29.1 Å². The summed E-state index contributed by atoms with van der Waals surface area (Å²) in [5.41, 5.74) is 2.11. The molecule has 10 heteroatoms. The number of benzene rings is 2. The number of halogens is 2. The van der Waals surface area contributed by atoms with Crippen LogP contribution in [0.2, 0.25) is 10.0 Å². The van der Waals surface area contributed by atoms with Crippen molar-refractivity contribution in [3.63, 3.8) is 0 Å². The second kappa shape index (κ2) is 10.4. The summed E-state index contributed by atoms with van der Waals surface area (Å²) in [6.45, 7) is 1.88. The average molecular weight is 514 g/mol. The van der Waals surface area contributed by atoms with Crippen molar-refractivity contribution in [2.75, 3.05) is 6.79 Å². The van der Waals surface area contributed by atoms with Gasteiger partial charge in [-0.25, -0.2) is 4.98 Å². The highest BCUT2D eigenvalue weighted by molar-refractivity contribution is 6.35. The van der Waals surface area contributed by atoms with Gasteiger partial charge in [-0.1, -0.05) is 35.3 Å². The molecule has 0 fully saturated rings. The zero-order valence-electron chi connectivity index (χ0n) is 18.5. The predicted molar refractivity (Wildman–Crippen MR) is 128 cm³/mol. The minimum absolute atomic E-state index is 0.194. The van der Waals surface area contributed by atoms with Crippen LogP contribution in [0.4, 0.5) is 0 Å². The Morgan fingerprint density at radius 2 is 1.89 bits per heavy atom. The van der Waals surface area contributed by atoms with Gasteiger partial charge in [0.05, 0.1) is 19.4 Å². The summed E-state index contributed by atoms with van der Waals surface area (Å²) < 4.78 is 21.8. The highest BCUT2D eigenvalue weighted by Gasteiger charge is 2.19. The van der Waals surface area contributed by atoms with Crippen LogP contribution >= 0.6 is 23.2 Å². The van der Waals surface area contributed by atoms with Crippen LogP contribution in [-0.2, 0) is 26.2 Å². The molecule has 2 aromatic carbocycles. The third kappa shape index (κ3) is 5.79. The number of carbonyl (C=O) groups excluding carboxylic acids is 1. The molecule has 0 atom stereocenters. The van der Waals surface area contributed by atoms with E-state index in [0.717, 1.165) is 16.9 Å². The van der Waals surface area contributed by atoms with Crippen LogP contribution in [0.25, 0.3) is 0 Å². The van der Waals surface area contributed by atoms with Gasteiger partial charge in [-0.15, -0.1) is 0 Å². The summed E-state index contributed by atoms with van der Waals surface area (Å²) in [7, 11) is 0. The first kappa shape index (κ1) is 23.3. The minimum Gasteiger partial charge on any atom is -0.467 e. The van der Waals surface area contributed by atoms with Crippen LogP contribution in [0.3, 0.4) is 0 Å². The number of ether oxygens (including phenoxy) is 2. The van der Waals surface area contributed by atoms with Gasteiger partial charge in [0, 0.05) is 23.1 Å². The highest BCUT2D eigenvalue weighted by atomic mass is 35.5. The first-order chi connectivity index (χ1) is 17.0. The van der Waals surface area contributed by atoms with Crippen molar-refractivity contribution in [2.24, 2.45) is 0 Å². The lowest BCUT2D eigenvalue weighted by molar-refractivity contribution is 0.0943. The summed E-state index contributed by atoms with van der Waals surface area (Å²) in [5.74, 6) is 2.13. The summed E-state index contributed by atoms with van der Waals surface area (Å²) in [4.78, 5) is 18.9. The number of oxazole rings is 1. The fourth-order valence-corrected chi connectivity index (χ4v) is 4.17. The molecule has 35 heavy (non-hydrogen) atoms. The molecular weight excluding hydrogens is 493 g/mol. The zero-order valence-corrected chi connectivity index (χ0v) is 20.0. The molecule has 1 aliphatic heterocycles. The van der Waals surface area contributed by atoms with E-state index < -0.39 is 0 Å². The molecule has 0 spiro atoms. The number of furan rings is 1. The monoisotopic (exact) mass is 513 g/mol. The molecule has 1 N–H and O–H groups in total. The minimum atomic E-state index is -0.348. The van der Waals surface area contributed by atoms with E-state index in [-0.39, 0.29) is 24.9 Å². The van der Waals surface area contributed by atoms with Crippen LogP contribution in [-0.4, -0.2) is 22.6 Å². The number of nitrogens with zero attached hydrogens (tertiary/aromatic N) is 2. The van der Waals surface area contributed by atoms with Crippen molar-refractivity contribution in [3.8, 4) is 11.5 Å². The number of hydrogen-bond donors (Lipinski definition) is 1. The van der Waals surface area contributed by atoms with Crippen LogP contribution < -0.4 is 14.8 Å². The Morgan fingerprint density at radius 1 is 1.00 bits per heavy atom. The molecule has 4 aromatic rings. The molecule has 5 rings (SSSR count). The maximum Gasteiger partial charge on any atom is 0.273 e. The zero-order chi connectivity index (χ0) is 24.2. The van der Waals surface area contributed by atoms with Gasteiger partial charge in [0.1, 0.15) is 12.0 Å². The van der Waals surface area contributed by atoms with Gasteiger partial charge in [-0.2, -0.15) is 0 Å². The summed E-state index contributed by atoms with van der Waals surface area (Å²) in [6.07, 6.45) is 2.90. The SMILES string of the molecule is O=C(NCc1ccco1)c1coc(CN(Cc2ccc3c(c2)OCO3)Cc2ccc(Cl)cc2Cl)n1. The summed E-state index contributed by atoms with van der Waals surface area (Å²) >= 11 is 12.5. The molecule has 0 unspecified atom stereocenters. The van der Waals surface area contributed by atoms with Gasteiger partial charge in [0.2, 0.25) is 12.7 Å². The lowest BCUT2D eigenvalue weighted by atomic mass is 10.1. The molecule has 0 saturated carbocycles. The molecule has 1 amide bonds. The standard InChI is InChI=1S/C25H21Cl2N3O5/c26-18-5-4-17(20(27)9-18)12-30(11-16-3-6-22-23(8-16)35-15-34-22)13-24-29-21(14-33-24)25(31)28-10-19-2-1-7-32-19/h1-9,14H,10-13,15H2,(H,28,31). The van der Waals surface area contributed by atoms with E-state index in [1.54, 1.807) is 30.5 Å². The van der Waals surface area contributed by atoms with Gasteiger partial charge in [0.25, 0.3) is 5.91 Å². The van der Waals surface area contributed by atoms with Gasteiger partial charge >= 0.3 is 0 Å². The quantitative estimate of drug-likeness (QED) is 0.318. The number of nitrogens with one attached hydrogen (secondary N) is 1. The fraction of sp³-hybridized carbons (Fsp3) is 0.200. The van der Waals surface area contributed by atoms with Crippen molar-refractivity contribution in [1.29, 1.82) is 0 Å². The Kier molecular flexibility index (Phi) is 6.94. The van der Waals surface area contributed by atoms with Gasteiger partial charge in [-0.05, 0) is 47.5 Å². The molecular formula is C25H21Cl2N3O5. The first-order valence-corrected chi connectivity index (χ1v) is 11.6. The lowest BCUT2D eigenvalue weighted by Crippen LogP contribution is -2.24. The van der Waals surface area contributed by atoms with E-state index in [0.29, 0.717) is 47.1 Å². The molecule has 0 radical (unpaired) electrons. The van der Waals surface area contributed by atoms with Crippen LogP contribution in [0.15, 0.2) is 69.9 Å². The Morgan fingerprint density at radius 3 is 2.71 bits per heavy atom. The van der Waals surface area contributed by atoms with Gasteiger partial charge < -0.3 is 23.6 Å². The summed E-state index contributed by atoms with van der Waals surface area (Å²) in [5, 5.41) is 3.90. The maximum absolute atomic E-state index is 12.5. The van der Waals surface area contributed by atoms with E-state index in [2.05, 4.69) is 15.2 Å². The van der Waals surface area contributed by atoms with E-state index in [4.69, 9.17) is 41.5 Å². The number of aromatic nitrogens is 1. The maximum atomic E-state index is 12.5. The van der Waals surface area contributed by atoms with Crippen molar-refractivity contribution in [3.05, 3.63) is 99.6 Å². The Balaban J connectivity index is 1.31. The molecule has 0 saturated heterocycles. The molecule has 0 aliphatic carbocycles. The predicted octanol–water partition coefficient (Wildman–Crippen LogP) is 5.44. The van der Waals surface area contributed by atoms with E-state index >= 15 is 0 Å². The number of rotatable bonds is 9. The molecule has 1 aliphatic rings.